The molecule has 0 aliphatic heterocycles. The van der Waals surface area contributed by atoms with Crippen LogP contribution in [0, 0.1) is 0 Å². The molecule has 0 saturated heterocycles. The highest BCUT2D eigenvalue weighted by Gasteiger charge is 2.18. The maximum Gasteiger partial charge on any atom is 0.220 e. The summed E-state index contributed by atoms with van der Waals surface area (Å²) in [7, 11) is 0. The van der Waals surface area contributed by atoms with E-state index in [0.717, 1.165) is 25.7 Å². The van der Waals surface area contributed by atoms with Crippen molar-refractivity contribution in [1.29, 1.82) is 0 Å². The number of unbranched alkanes of at least 4 members (excludes halogenated alkanes) is 44. The molecule has 3 N–H and O–H groups in total. The zero-order valence-electron chi connectivity index (χ0n) is 40.6. The molecule has 0 aromatic rings. The first-order valence-corrected chi connectivity index (χ1v) is 27.4. The van der Waals surface area contributed by atoms with Gasteiger partial charge in [-0.2, -0.15) is 0 Å². The molecule has 0 spiro atoms. The van der Waals surface area contributed by atoms with Crippen LogP contribution >= 0.6 is 0 Å². The van der Waals surface area contributed by atoms with E-state index in [1.807, 2.05) is 6.08 Å². The Kier molecular flexibility index (Phi) is 50.7. The second kappa shape index (κ2) is 51.5. The Labute approximate surface area is 371 Å². The number of aliphatic hydroxyl groups is 2. The maximum absolute atomic E-state index is 12.4. The van der Waals surface area contributed by atoms with E-state index in [2.05, 4.69) is 19.2 Å². The lowest BCUT2D eigenvalue weighted by molar-refractivity contribution is -0.123. The van der Waals surface area contributed by atoms with Crippen LogP contribution in [-0.4, -0.2) is 34.9 Å². The number of hydrogen-bond donors (Lipinski definition) is 3. The van der Waals surface area contributed by atoms with E-state index >= 15 is 0 Å². The van der Waals surface area contributed by atoms with Crippen molar-refractivity contribution in [3.63, 3.8) is 0 Å². The highest BCUT2D eigenvalue weighted by molar-refractivity contribution is 5.76. The summed E-state index contributed by atoms with van der Waals surface area (Å²) in [4.78, 5) is 12.4. The van der Waals surface area contributed by atoms with Crippen LogP contribution in [0.1, 0.15) is 316 Å². The summed E-state index contributed by atoms with van der Waals surface area (Å²) in [6, 6.07) is -0.617. The van der Waals surface area contributed by atoms with Crippen LogP contribution in [0.15, 0.2) is 12.2 Å². The summed E-state index contributed by atoms with van der Waals surface area (Å²) >= 11 is 0. The van der Waals surface area contributed by atoms with Gasteiger partial charge in [0.25, 0.3) is 0 Å². The first kappa shape index (κ1) is 58.1. The summed E-state index contributed by atoms with van der Waals surface area (Å²) in [6.07, 6.45) is 66.6. The Balaban J connectivity index is 3.39. The van der Waals surface area contributed by atoms with Crippen molar-refractivity contribution in [2.75, 3.05) is 6.61 Å². The zero-order chi connectivity index (χ0) is 42.8. The van der Waals surface area contributed by atoms with Crippen LogP contribution in [0.4, 0.5) is 0 Å². The van der Waals surface area contributed by atoms with Crippen LogP contribution in [0.2, 0.25) is 0 Å². The summed E-state index contributed by atoms with van der Waals surface area (Å²) < 4.78 is 0. The lowest BCUT2D eigenvalue weighted by Gasteiger charge is -2.20. The van der Waals surface area contributed by atoms with Crippen molar-refractivity contribution in [2.45, 2.75) is 328 Å². The second-order valence-corrected chi connectivity index (χ2v) is 19.0. The molecule has 2 unspecified atom stereocenters. The second-order valence-electron chi connectivity index (χ2n) is 19.0. The lowest BCUT2D eigenvalue weighted by Crippen LogP contribution is -2.45. The van der Waals surface area contributed by atoms with Crippen LogP contribution in [0.25, 0.3) is 0 Å². The third-order valence-corrected chi connectivity index (χ3v) is 13.0. The van der Waals surface area contributed by atoms with Gasteiger partial charge in [-0.1, -0.05) is 302 Å². The molecule has 352 valence electrons. The predicted octanol–water partition coefficient (Wildman–Crippen LogP) is 17.8. The van der Waals surface area contributed by atoms with E-state index in [4.69, 9.17) is 0 Å². The minimum atomic E-state index is -0.834. The summed E-state index contributed by atoms with van der Waals surface area (Å²) in [5.74, 6) is -0.0569. The number of nitrogens with one attached hydrogen (secondary N) is 1. The predicted molar refractivity (Wildman–Crippen MR) is 263 cm³/mol. The van der Waals surface area contributed by atoms with Crippen LogP contribution < -0.4 is 5.32 Å². The Morgan fingerprint density at radius 3 is 0.881 bits per heavy atom. The Morgan fingerprint density at radius 1 is 0.390 bits per heavy atom. The number of allylic oxidation sites excluding steroid dienone is 1. The van der Waals surface area contributed by atoms with Crippen LogP contribution in [-0.2, 0) is 4.79 Å². The van der Waals surface area contributed by atoms with Gasteiger partial charge < -0.3 is 15.5 Å². The van der Waals surface area contributed by atoms with E-state index in [0.29, 0.717) is 6.42 Å². The van der Waals surface area contributed by atoms with Crippen molar-refractivity contribution in [2.24, 2.45) is 0 Å². The van der Waals surface area contributed by atoms with Gasteiger partial charge in [0.15, 0.2) is 0 Å². The van der Waals surface area contributed by atoms with Gasteiger partial charge in [-0.05, 0) is 19.3 Å². The monoisotopic (exact) mass is 832 g/mol. The smallest absolute Gasteiger partial charge is 0.220 e. The number of carbonyl (C=O) groups excluding carboxylic acids is 1. The molecule has 4 nitrogen and oxygen atoms in total. The molecular weight excluding hydrogens is 723 g/mol. The first-order chi connectivity index (χ1) is 29.2. The molecule has 0 bridgehead atoms. The van der Waals surface area contributed by atoms with Crippen molar-refractivity contribution in [3.05, 3.63) is 12.2 Å². The molecule has 2 atom stereocenters. The Morgan fingerprint density at radius 2 is 0.627 bits per heavy atom. The van der Waals surface area contributed by atoms with Gasteiger partial charge in [-0.15, -0.1) is 0 Å². The highest BCUT2D eigenvalue weighted by atomic mass is 16.3. The van der Waals surface area contributed by atoms with Crippen LogP contribution in [0.5, 0.6) is 0 Å². The number of hydrogen-bond acceptors (Lipinski definition) is 3. The molecular formula is C55H109NO3. The minimum absolute atomic E-state index is 0.0569. The molecule has 4 heteroatoms. The molecule has 0 saturated carbocycles. The average Bonchev–Trinajstić information content (AvgIpc) is 3.24. The number of aliphatic hydroxyl groups excluding tert-OH is 2. The topological polar surface area (TPSA) is 69.6 Å². The van der Waals surface area contributed by atoms with Crippen molar-refractivity contribution < 1.29 is 15.0 Å². The Bertz CT molecular complexity index is 814. The lowest BCUT2D eigenvalue weighted by atomic mass is 10.0. The quantitative estimate of drug-likeness (QED) is 0.0422. The molecule has 1 amide bonds. The molecule has 0 heterocycles. The fraction of sp³-hybridized carbons (Fsp3) is 0.945. The molecule has 0 radical (unpaired) electrons. The van der Waals surface area contributed by atoms with Gasteiger partial charge in [0.1, 0.15) is 0 Å². The summed E-state index contributed by atoms with van der Waals surface area (Å²) in [6.45, 7) is 4.34. The number of carbonyl (C=O) groups is 1. The summed E-state index contributed by atoms with van der Waals surface area (Å²) in [5.41, 5.74) is 0. The summed E-state index contributed by atoms with van der Waals surface area (Å²) in [5, 5.41) is 23.1. The van der Waals surface area contributed by atoms with Gasteiger partial charge in [0, 0.05) is 6.42 Å². The normalized spacial score (nSPS) is 12.8. The molecule has 0 aromatic carbocycles. The average molecular weight is 832 g/mol. The molecule has 59 heavy (non-hydrogen) atoms. The van der Waals surface area contributed by atoms with E-state index in [1.165, 1.54) is 270 Å². The third-order valence-electron chi connectivity index (χ3n) is 13.0. The molecule has 0 aromatic heterocycles. The number of rotatable bonds is 51. The third kappa shape index (κ3) is 48.0. The van der Waals surface area contributed by atoms with Crippen molar-refractivity contribution in [3.8, 4) is 0 Å². The zero-order valence-corrected chi connectivity index (χ0v) is 40.6. The van der Waals surface area contributed by atoms with Gasteiger partial charge in [0.2, 0.25) is 5.91 Å². The van der Waals surface area contributed by atoms with Crippen molar-refractivity contribution >= 4 is 5.91 Å². The van der Waals surface area contributed by atoms with Gasteiger partial charge in [0.05, 0.1) is 18.8 Å². The molecule has 0 aliphatic rings. The van der Waals surface area contributed by atoms with Gasteiger partial charge >= 0.3 is 0 Å². The molecule has 0 fully saturated rings. The van der Waals surface area contributed by atoms with Crippen LogP contribution in [0.3, 0.4) is 0 Å². The SMILES string of the molecule is CCCCCCCCCCCCCCC/C=C/C(O)C(CO)NC(=O)CCCCCCCCCCCCCCCCCCCCCCCCCCCCCCCCCC. The minimum Gasteiger partial charge on any atom is -0.394 e. The fourth-order valence-electron chi connectivity index (χ4n) is 8.83. The van der Waals surface area contributed by atoms with E-state index in [9.17, 15) is 15.0 Å². The van der Waals surface area contributed by atoms with Gasteiger partial charge in [-0.3, -0.25) is 4.79 Å². The maximum atomic E-state index is 12.4. The van der Waals surface area contributed by atoms with E-state index < -0.39 is 12.1 Å². The number of amides is 1. The van der Waals surface area contributed by atoms with Crippen molar-refractivity contribution in [1.82, 2.24) is 5.32 Å². The highest BCUT2D eigenvalue weighted by Crippen LogP contribution is 2.18. The Hall–Kier alpha value is -0.870. The van der Waals surface area contributed by atoms with E-state index in [1.54, 1.807) is 6.08 Å². The fourth-order valence-corrected chi connectivity index (χ4v) is 8.83. The van der Waals surface area contributed by atoms with Gasteiger partial charge in [-0.25, -0.2) is 0 Å². The largest absolute Gasteiger partial charge is 0.394 e. The van der Waals surface area contributed by atoms with E-state index in [-0.39, 0.29) is 12.5 Å². The standard InChI is InChI=1S/C55H109NO3/c1-3-5-7-9-11-13-15-17-19-20-21-22-23-24-25-26-27-28-29-30-31-32-33-34-35-37-39-41-43-45-47-49-51-55(59)56-53(52-57)54(58)50-48-46-44-42-40-38-36-18-16-14-12-10-8-6-4-2/h48,50,53-54,57-58H,3-47,49,51-52H2,1-2H3,(H,56,59)/b50-48+. The first-order valence-electron chi connectivity index (χ1n) is 27.4. The molecule has 0 rings (SSSR count). The molecule has 0 aliphatic carbocycles.